The van der Waals surface area contributed by atoms with E-state index in [2.05, 4.69) is 20.1 Å². The van der Waals surface area contributed by atoms with Gasteiger partial charge in [-0.3, -0.25) is 10.1 Å². The van der Waals surface area contributed by atoms with Gasteiger partial charge >= 0.3 is 0 Å². The fourth-order valence-electron chi connectivity index (χ4n) is 2.58. The zero-order valence-electron chi connectivity index (χ0n) is 11.4. The summed E-state index contributed by atoms with van der Waals surface area (Å²) in [5.41, 5.74) is 8.51. The standard InChI is InChI=1S/C14H18FN5/c1-9-13(12-3-2-10(15)8-17-12)18-19-14(9)20-6-4-11(16)5-7-20/h2-3,8,11H,4-7,16H2,1H3,(H,18,19). The highest BCUT2D eigenvalue weighted by atomic mass is 19.1. The van der Waals surface area contributed by atoms with Crippen molar-refractivity contribution in [2.45, 2.75) is 25.8 Å². The molecule has 3 N–H and O–H groups in total. The normalized spacial score (nSPS) is 16.6. The number of nitrogens with zero attached hydrogens (tertiary/aromatic N) is 3. The van der Waals surface area contributed by atoms with E-state index in [4.69, 9.17) is 5.73 Å². The molecule has 0 aromatic carbocycles. The zero-order chi connectivity index (χ0) is 14.1. The van der Waals surface area contributed by atoms with Crippen molar-refractivity contribution >= 4 is 5.82 Å². The van der Waals surface area contributed by atoms with Gasteiger partial charge in [0.25, 0.3) is 0 Å². The van der Waals surface area contributed by atoms with Crippen LogP contribution in [0.5, 0.6) is 0 Å². The molecule has 5 nitrogen and oxygen atoms in total. The number of pyridine rings is 1. The van der Waals surface area contributed by atoms with E-state index in [0.717, 1.165) is 43.0 Å². The molecule has 1 aliphatic heterocycles. The van der Waals surface area contributed by atoms with Crippen LogP contribution in [-0.4, -0.2) is 34.3 Å². The monoisotopic (exact) mass is 275 g/mol. The van der Waals surface area contributed by atoms with E-state index in [9.17, 15) is 4.39 Å². The number of rotatable bonds is 2. The highest BCUT2D eigenvalue weighted by Crippen LogP contribution is 2.28. The van der Waals surface area contributed by atoms with Crippen molar-refractivity contribution in [3.8, 4) is 11.4 Å². The molecular weight excluding hydrogens is 257 g/mol. The van der Waals surface area contributed by atoms with Crippen molar-refractivity contribution in [3.63, 3.8) is 0 Å². The summed E-state index contributed by atoms with van der Waals surface area (Å²) in [6.45, 7) is 3.85. The van der Waals surface area contributed by atoms with E-state index in [1.165, 1.54) is 12.3 Å². The van der Waals surface area contributed by atoms with Crippen molar-refractivity contribution in [3.05, 3.63) is 29.7 Å². The second kappa shape index (κ2) is 5.20. The van der Waals surface area contributed by atoms with Crippen molar-refractivity contribution < 1.29 is 4.39 Å². The molecule has 6 heteroatoms. The van der Waals surface area contributed by atoms with E-state index in [-0.39, 0.29) is 5.82 Å². The first kappa shape index (κ1) is 13.1. The predicted molar refractivity (Wildman–Crippen MR) is 75.9 cm³/mol. The third-order valence-corrected chi connectivity index (χ3v) is 3.81. The number of hydrogen-bond acceptors (Lipinski definition) is 4. The molecule has 0 amide bonds. The fraction of sp³-hybridized carbons (Fsp3) is 0.429. The highest BCUT2D eigenvalue weighted by Gasteiger charge is 2.21. The van der Waals surface area contributed by atoms with Crippen LogP contribution in [0, 0.1) is 12.7 Å². The van der Waals surface area contributed by atoms with Gasteiger partial charge in [0.15, 0.2) is 5.82 Å². The first-order valence-electron chi connectivity index (χ1n) is 6.82. The van der Waals surface area contributed by atoms with Crippen LogP contribution < -0.4 is 10.6 Å². The largest absolute Gasteiger partial charge is 0.355 e. The van der Waals surface area contributed by atoms with Crippen molar-refractivity contribution in [1.82, 2.24) is 15.2 Å². The lowest BCUT2D eigenvalue weighted by atomic mass is 10.1. The molecule has 0 radical (unpaired) electrons. The molecule has 0 atom stereocenters. The molecule has 2 aromatic rings. The van der Waals surface area contributed by atoms with Crippen molar-refractivity contribution in [2.24, 2.45) is 5.73 Å². The number of aromatic amines is 1. The van der Waals surface area contributed by atoms with Gasteiger partial charge < -0.3 is 10.6 Å². The molecule has 1 aliphatic rings. The summed E-state index contributed by atoms with van der Waals surface area (Å²) in [5, 5.41) is 7.40. The van der Waals surface area contributed by atoms with Gasteiger partial charge in [0.05, 0.1) is 17.6 Å². The Morgan fingerprint density at radius 2 is 2.10 bits per heavy atom. The van der Waals surface area contributed by atoms with Gasteiger partial charge in [-0.25, -0.2) is 4.39 Å². The van der Waals surface area contributed by atoms with Crippen LogP contribution in [-0.2, 0) is 0 Å². The summed E-state index contributed by atoms with van der Waals surface area (Å²) in [6.07, 6.45) is 3.18. The van der Waals surface area contributed by atoms with Crippen molar-refractivity contribution in [2.75, 3.05) is 18.0 Å². The van der Waals surface area contributed by atoms with E-state index in [1.807, 2.05) is 6.92 Å². The molecule has 0 unspecified atom stereocenters. The van der Waals surface area contributed by atoms with Gasteiger partial charge in [-0.05, 0) is 31.9 Å². The Bertz CT molecular complexity index is 584. The van der Waals surface area contributed by atoms with Crippen LogP contribution in [0.25, 0.3) is 11.4 Å². The maximum absolute atomic E-state index is 12.9. The van der Waals surface area contributed by atoms with Crippen LogP contribution in [0.1, 0.15) is 18.4 Å². The summed E-state index contributed by atoms with van der Waals surface area (Å²) in [4.78, 5) is 6.33. The maximum Gasteiger partial charge on any atom is 0.154 e. The van der Waals surface area contributed by atoms with Gasteiger partial charge in [0.2, 0.25) is 0 Å². The highest BCUT2D eigenvalue weighted by molar-refractivity contribution is 5.66. The van der Waals surface area contributed by atoms with Crippen LogP contribution >= 0.6 is 0 Å². The van der Waals surface area contributed by atoms with Gasteiger partial charge in [-0.2, -0.15) is 5.10 Å². The Morgan fingerprint density at radius 1 is 1.35 bits per heavy atom. The van der Waals surface area contributed by atoms with E-state index in [1.54, 1.807) is 6.07 Å². The summed E-state index contributed by atoms with van der Waals surface area (Å²) < 4.78 is 12.9. The molecule has 1 saturated heterocycles. The third-order valence-electron chi connectivity index (χ3n) is 3.81. The second-order valence-electron chi connectivity index (χ2n) is 5.23. The van der Waals surface area contributed by atoms with E-state index < -0.39 is 0 Å². The number of nitrogens with one attached hydrogen (secondary N) is 1. The van der Waals surface area contributed by atoms with E-state index >= 15 is 0 Å². The van der Waals surface area contributed by atoms with Crippen molar-refractivity contribution in [1.29, 1.82) is 0 Å². The summed E-state index contributed by atoms with van der Waals surface area (Å²) in [6, 6.07) is 3.36. The number of anilines is 1. The molecule has 3 heterocycles. The average molecular weight is 275 g/mol. The Balaban J connectivity index is 1.87. The first-order chi connectivity index (χ1) is 9.65. The quantitative estimate of drug-likeness (QED) is 0.877. The van der Waals surface area contributed by atoms with Gasteiger partial charge in [0.1, 0.15) is 5.82 Å². The minimum atomic E-state index is -0.337. The minimum Gasteiger partial charge on any atom is -0.355 e. The average Bonchev–Trinajstić information content (AvgIpc) is 2.83. The SMILES string of the molecule is Cc1c(N2CCC(N)CC2)n[nH]c1-c1ccc(F)cn1. The topological polar surface area (TPSA) is 70.8 Å². The number of nitrogens with two attached hydrogens (primary N) is 1. The Labute approximate surface area is 117 Å². The third kappa shape index (κ3) is 2.38. The molecule has 0 saturated carbocycles. The second-order valence-corrected chi connectivity index (χ2v) is 5.23. The van der Waals surface area contributed by atoms with Gasteiger partial charge in [0, 0.05) is 24.7 Å². The van der Waals surface area contributed by atoms with Crippen LogP contribution in [0.3, 0.4) is 0 Å². The number of halogens is 1. The number of hydrogen-bond donors (Lipinski definition) is 2. The fourth-order valence-corrected chi connectivity index (χ4v) is 2.58. The lowest BCUT2D eigenvalue weighted by molar-refractivity contribution is 0.498. The molecule has 3 rings (SSSR count). The molecule has 0 bridgehead atoms. The first-order valence-corrected chi connectivity index (χ1v) is 6.82. The molecular formula is C14H18FN5. The lowest BCUT2D eigenvalue weighted by Crippen LogP contribution is -2.40. The molecule has 20 heavy (non-hydrogen) atoms. The Hall–Kier alpha value is -1.95. The summed E-state index contributed by atoms with van der Waals surface area (Å²) in [5.74, 6) is 0.606. The maximum atomic E-state index is 12.9. The van der Waals surface area contributed by atoms with E-state index in [0.29, 0.717) is 11.7 Å². The number of aromatic nitrogens is 3. The molecule has 2 aromatic heterocycles. The van der Waals surface area contributed by atoms with Crippen LogP contribution in [0.4, 0.5) is 10.2 Å². The predicted octanol–water partition coefficient (Wildman–Crippen LogP) is 1.85. The smallest absolute Gasteiger partial charge is 0.154 e. The molecule has 0 aliphatic carbocycles. The molecule has 1 fully saturated rings. The van der Waals surface area contributed by atoms with Crippen LogP contribution in [0.15, 0.2) is 18.3 Å². The molecule has 0 spiro atoms. The van der Waals surface area contributed by atoms with Crippen LogP contribution in [0.2, 0.25) is 0 Å². The Kier molecular flexibility index (Phi) is 3.40. The Morgan fingerprint density at radius 3 is 2.75 bits per heavy atom. The number of piperidine rings is 1. The van der Waals surface area contributed by atoms with Gasteiger partial charge in [-0.1, -0.05) is 0 Å². The summed E-state index contributed by atoms with van der Waals surface area (Å²) in [7, 11) is 0. The summed E-state index contributed by atoms with van der Waals surface area (Å²) >= 11 is 0. The lowest BCUT2D eigenvalue weighted by Gasteiger charge is -2.30. The zero-order valence-corrected chi connectivity index (χ0v) is 11.4. The van der Waals surface area contributed by atoms with Gasteiger partial charge in [-0.15, -0.1) is 0 Å². The minimum absolute atomic E-state index is 0.295. The number of H-pyrrole nitrogens is 1. The molecule has 106 valence electrons.